The number of esters is 1. The van der Waals surface area contributed by atoms with Crippen LogP contribution in [0.4, 0.5) is 0 Å². The van der Waals surface area contributed by atoms with E-state index < -0.39 is 66.3 Å². The summed E-state index contributed by atoms with van der Waals surface area (Å²) in [5, 5.41) is 13.8. The van der Waals surface area contributed by atoms with E-state index in [1.54, 1.807) is 24.0 Å². The number of hydrogen-bond donors (Lipinski definition) is 2. The lowest BCUT2D eigenvalue weighted by atomic mass is 9.70. The molecule has 8 atom stereocenters. The molecule has 3 heterocycles. The lowest BCUT2D eigenvalue weighted by molar-refractivity contribution is -0.162. The Hall–Kier alpha value is -5.06. The van der Waals surface area contributed by atoms with Crippen molar-refractivity contribution in [3.8, 4) is 0 Å². The number of fused-ring (bicyclic) bond motifs is 1. The van der Waals surface area contributed by atoms with Crippen LogP contribution in [0.2, 0.25) is 0 Å². The van der Waals surface area contributed by atoms with E-state index >= 15 is 0 Å². The quantitative estimate of drug-likeness (QED) is 0.158. The van der Waals surface area contributed by atoms with Gasteiger partial charge in [0.1, 0.15) is 17.7 Å². The van der Waals surface area contributed by atoms with Crippen molar-refractivity contribution in [1.29, 1.82) is 0 Å². The molecule has 3 aromatic carbocycles. The molecule has 6 rings (SSSR count). The van der Waals surface area contributed by atoms with Crippen molar-refractivity contribution < 1.29 is 33.8 Å². The summed E-state index contributed by atoms with van der Waals surface area (Å²) in [5.41, 5.74) is 0.918. The van der Waals surface area contributed by atoms with Crippen LogP contribution in [0.25, 0.3) is 0 Å². The second-order valence-corrected chi connectivity index (χ2v) is 13.9. The number of aliphatic hydroxyl groups is 1. The highest BCUT2D eigenvalue weighted by atomic mass is 16.6. The molecule has 3 aliphatic rings. The average molecular weight is 706 g/mol. The fraction of sp³-hybridized carbons (Fsp3) is 0.381. The molecule has 0 saturated carbocycles. The summed E-state index contributed by atoms with van der Waals surface area (Å²) < 4.78 is 13.0. The Bertz CT molecular complexity index is 1750. The van der Waals surface area contributed by atoms with Gasteiger partial charge in [-0.1, -0.05) is 103 Å². The third-order valence-corrected chi connectivity index (χ3v) is 10.6. The van der Waals surface area contributed by atoms with Gasteiger partial charge in [0.15, 0.2) is 0 Å². The van der Waals surface area contributed by atoms with Crippen molar-refractivity contribution in [3.63, 3.8) is 0 Å². The van der Waals surface area contributed by atoms with Crippen LogP contribution in [0.1, 0.15) is 61.4 Å². The molecule has 0 aliphatic carbocycles. The monoisotopic (exact) mass is 705 g/mol. The zero-order valence-electron chi connectivity index (χ0n) is 29.5. The topological polar surface area (TPSA) is 125 Å². The highest BCUT2D eigenvalue weighted by Gasteiger charge is 2.76. The van der Waals surface area contributed by atoms with Crippen LogP contribution in [0.5, 0.6) is 0 Å². The number of benzene rings is 3. The molecule has 0 aromatic heterocycles. The third-order valence-electron chi connectivity index (χ3n) is 10.6. The molecule has 0 radical (unpaired) electrons. The number of amides is 3. The average Bonchev–Trinajstić information content (AvgIpc) is 3.81. The van der Waals surface area contributed by atoms with Gasteiger partial charge in [0.25, 0.3) is 0 Å². The Labute approximate surface area is 305 Å². The van der Waals surface area contributed by atoms with E-state index in [-0.39, 0.29) is 31.3 Å². The molecule has 3 aromatic rings. The molecular formula is C42H47N3O7. The predicted octanol–water partition coefficient (Wildman–Crippen LogP) is 5.06. The fourth-order valence-corrected chi connectivity index (χ4v) is 8.31. The number of aliphatic hydroxyl groups excluding tert-OH is 1. The summed E-state index contributed by atoms with van der Waals surface area (Å²) in [5.74, 6) is -3.65. The molecule has 52 heavy (non-hydrogen) atoms. The number of nitrogens with zero attached hydrogens (tertiary/aromatic N) is 2. The number of hydrogen-bond acceptors (Lipinski definition) is 7. The van der Waals surface area contributed by atoms with Crippen LogP contribution in [0, 0.1) is 11.8 Å². The van der Waals surface area contributed by atoms with Gasteiger partial charge in [0, 0.05) is 19.5 Å². The van der Waals surface area contributed by atoms with Crippen LogP contribution >= 0.6 is 0 Å². The van der Waals surface area contributed by atoms with Crippen molar-refractivity contribution in [1.82, 2.24) is 15.1 Å². The van der Waals surface area contributed by atoms with Crippen molar-refractivity contribution >= 4 is 23.7 Å². The molecule has 0 unspecified atom stereocenters. The maximum Gasteiger partial charge on any atom is 0.313 e. The first-order chi connectivity index (χ1) is 25.2. The van der Waals surface area contributed by atoms with Gasteiger partial charge in [-0.2, -0.15) is 0 Å². The first-order valence-corrected chi connectivity index (χ1v) is 18.0. The summed E-state index contributed by atoms with van der Waals surface area (Å²) in [7, 11) is 0. The Kier molecular flexibility index (Phi) is 11.4. The van der Waals surface area contributed by atoms with E-state index in [1.807, 2.05) is 91.0 Å². The van der Waals surface area contributed by atoms with Crippen LogP contribution in [-0.4, -0.2) is 75.5 Å². The van der Waals surface area contributed by atoms with E-state index in [0.29, 0.717) is 30.4 Å². The fourth-order valence-electron chi connectivity index (χ4n) is 8.31. The van der Waals surface area contributed by atoms with Gasteiger partial charge in [-0.25, -0.2) is 0 Å². The van der Waals surface area contributed by atoms with E-state index in [0.717, 1.165) is 5.56 Å². The summed E-state index contributed by atoms with van der Waals surface area (Å²) in [6.07, 6.45) is 3.37. The molecule has 3 amide bonds. The highest BCUT2D eigenvalue weighted by Crippen LogP contribution is 2.60. The Morgan fingerprint density at radius 3 is 2.25 bits per heavy atom. The van der Waals surface area contributed by atoms with Crippen molar-refractivity contribution in [2.75, 3.05) is 13.2 Å². The second-order valence-electron chi connectivity index (χ2n) is 13.9. The molecule has 3 fully saturated rings. The molecular weight excluding hydrogens is 658 g/mol. The highest BCUT2D eigenvalue weighted by molar-refractivity contribution is 5.98. The van der Waals surface area contributed by atoms with Crippen molar-refractivity contribution in [2.45, 2.75) is 75.1 Å². The third kappa shape index (κ3) is 7.05. The zero-order valence-corrected chi connectivity index (χ0v) is 29.5. The van der Waals surface area contributed by atoms with E-state index in [4.69, 9.17) is 9.47 Å². The Balaban J connectivity index is 1.37. The first-order valence-electron chi connectivity index (χ1n) is 18.0. The smallest absolute Gasteiger partial charge is 0.313 e. The van der Waals surface area contributed by atoms with E-state index in [2.05, 4.69) is 18.5 Å². The summed E-state index contributed by atoms with van der Waals surface area (Å²) in [4.78, 5) is 60.2. The number of likely N-dealkylation sites (tertiary alicyclic amines) is 1. The Morgan fingerprint density at radius 2 is 1.63 bits per heavy atom. The second kappa shape index (κ2) is 16.1. The molecule has 3 aliphatic heterocycles. The predicted molar refractivity (Wildman–Crippen MR) is 195 cm³/mol. The van der Waals surface area contributed by atoms with Crippen LogP contribution < -0.4 is 5.32 Å². The molecule has 10 nitrogen and oxygen atoms in total. The lowest BCUT2D eigenvalue weighted by Crippen LogP contribution is -2.57. The number of allylic oxidation sites excluding steroid dienone is 1. The molecule has 10 heteroatoms. The SMILES string of the molecule is C=CCCC(=O)N[C@@H](C)[C@H](OC(=O)[C@@H]1[C@H]2C(=O)N([C@H](CO)c3ccccc3)[C@H](C(=O)N(CC=C)Cc3ccccc3)[C@]23CC[C@H]1O3)c1ccccc1. The van der Waals surface area contributed by atoms with Gasteiger partial charge in [-0.15, -0.1) is 13.2 Å². The molecule has 3 saturated heterocycles. The van der Waals surface area contributed by atoms with Crippen molar-refractivity contribution in [3.05, 3.63) is 133 Å². The Morgan fingerprint density at radius 1 is 1.00 bits per heavy atom. The maximum absolute atomic E-state index is 14.9. The van der Waals surface area contributed by atoms with Gasteiger partial charge in [-0.3, -0.25) is 19.2 Å². The van der Waals surface area contributed by atoms with Crippen LogP contribution in [0.3, 0.4) is 0 Å². The minimum absolute atomic E-state index is 0.204. The van der Waals surface area contributed by atoms with Gasteiger partial charge in [0.2, 0.25) is 17.7 Å². The summed E-state index contributed by atoms with van der Waals surface area (Å²) in [6.45, 7) is 9.40. The lowest BCUT2D eigenvalue weighted by Gasteiger charge is -2.39. The molecule has 2 bridgehead atoms. The van der Waals surface area contributed by atoms with Gasteiger partial charge in [-0.05, 0) is 42.9 Å². The van der Waals surface area contributed by atoms with Gasteiger partial charge in [0.05, 0.1) is 36.6 Å². The molecule has 272 valence electrons. The normalized spacial score (nSPS) is 24.7. The van der Waals surface area contributed by atoms with Crippen molar-refractivity contribution in [2.24, 2.45) is 11.8 Å². The number of carbonyl (C=O) groups excluding carboxylic acids is 4. The minimum Gasteiger partial charge on any atom is -0.455 e. The number of ether oxygens (including phenoxy) is 2. The maximum atomic E-state index is 14.9. The van der Waals surface area contributed by atoms with E-state index in [1.165, 1.54) is 4.90 Å². The van der Waals surface area contributed by atoms with Crippen LogP contribution in [-0.2, 0) is 35.2 Å². The number of nitrogens with one attached hydrogen (secondary N) is 1. The summed E-state index contributed by atoms with van der Waals surface area (Å²) in [6, 6.07) is 25.2. The standard InChI is InChI=1S/C42H47N3O7/c1-4-6-22-34(47)43-28(3)37(31-20-14-9-15-21-31)51-41(50)35-33-23-24-42(52-33)36(35)39(48)45(32(27-46)30-18-12-8-13-19-30)38(42)40(49)44(25-5-2)26-29-16-10-7-11-17-29/h4-5,7-21,28,32-33,35-38,46H,1-2,6,22-27H2,3H3,(H,43,47)/t28-,32+,33+,35-,36-,37-,38+,42-/m0/s1. The minimum atomic E-state index is -1.33. The molecule has 2 N–H and O–H groups in total. The van der Waals surface area contributed by atoms with Crippen LogP contribution in [0.15, 0.2) is 116 Å². The number of carbonyl (C=O) groups is 4. The largest absolute Gasteiger partial charge is 0.455 e. The van der Waals surface area contributed by atoms with Gasteiger partial charge >= 0.3 is 5.97 Å². The summed E-state index contributed by atoms with van der Waals surface area (Å²) >= 11 is 0. The van der Waals surface area contributed by atoms with E-state index in [9.17, 15) is 24.3 Å². The molecule has 1 spiro atoms. The number of rotatable bonds is 16. The zero-order chi connectivity index (χ0) is 36.8. The first kappa shape index (κ1) is 36.7. The van der Waals surface area contributed by atoms with Gasteiger partial charge < -0.3 is 29.7 Å².